The fourth-order valence-corrected chi connectivity index (χ4v) is 1.99. The van der Waals surface area contributed by atoms with Gasteiger partial charge < -0.3 is 10.3 Å². The van der Waals surface area contributed by atoms with Gasteiger partial charge in [-0.1, -0.05) is 12.1 Å². The van der Waals surface area contributed by atoms with Crippen LogP contribution in [0.25, 0.3) is 0 Å². The van der Waals surface area contributed by atoms with Crippen molar-refractivity contribution in [3.8, 4) is 0 Å². The van der Waals surface area contributed by atoms with Crippen LogP contribution in [-0.2, 0) is 12.2 Å². The van der Waals surface area contributed by atoms with E-state index in [2.05, 4.69) is 10.1 Å². The lowest BCUT2D eigenvalue weighted by Gasteiger charge is -2.00. The molecule has 0 fully saturated rings. The Morgan fingerprint density at radius 2 is 2.29 bits per heavy atom. The summed E-state index contributed by atoms with van der Waals surface area (Å²) in [7, 11) is 0. The lowest BCUT2D eigenvalue weighted by atomic mass is 10.3. The van der Waals surface area contributed by atoms with Crippen molar-refractivity contribution in [2.75, 3.05) is 5.73 Å². The number of anilines is 1. The molecule has 0 radical (unpaired) electrons. The lowest BCUT2D eigenvalue weighted by Crippen LogP contribution is -1.90. The highest BCUT2D eigenvalue weighted by molar-refractivity contribution is 7.98. The third-order valence-electron chi connectivity index (χ3n) is 2.16. The van der Waals surface area contributed by atoms with Crippen molar-refractivity contribution in [3.05, 3.63) is 35.7 Å². The number of nitrogen functional groups attached to an aromatic ring is 1. The van der Waals surface area contributed by atoms with Gasteiger partial charge in [-0.3, -0.25) is 0 Å². The molecule has 0 atom stereocenters. The molecule has 1 aromatic carbocycles. The summed E-state index contributed by atoms with van der Waals surface area (Å²) >= 11 is 1.43. The van der Waals surface area contributed by atoms with Crippen LogP contribution >= 0.6 is 11.8 Å². The number of benzene rings is 1. The molecule has 0 saturated heterocycles. The molecule has 0 amide bonds. The van der Waals surface area contributed by atoms with Gasteiger partial charge in [-0.05, 0) is 18.2 Å². The van der Waals surface area contributed by atoms with E-state index in [0.29, 0.717) is 17.5 Å². The maximum absolute atomic E-state index is 13.2. The molecule has 2 aromatic rings. The van der Waals surface area contributed by atoms with Gasteiger partial charge in [0.25, 0.3) is 0 Å². The zero-order chi connectivity index (χ0) is 12.3. The summed E-state index contributed by atoms with van der Waals surface area (Å²) in [5.74, 6) is 1.35. The third kappa shape index (κ3) is 2.97. The average molecular weight is 253 g/mol. The van der Waals surface area contributed by atoms with E-state index < -0.39 is 5.82 Å². The van der Waals surface area contributed by atoms with E-state index in [0.717, 1.165) is 11.3 Å². The van der Waals surface area contributed by atoms with Crippen molar-refractivity contribution in [1.29, 1.82) is 0 Å². The Balaban J connectivity index is 1.99. The number of aryl methyl sites for hydroxylation is 1. The Morgan fingerprint density at radius 1 is 1.47 bits per heavy atom. The molecule has 0 unspecified atom stereocenters. The number of rotatable bonds is 4. The highest BCUT2D eigenvalue weighted by Crippen LogP contribution is 2.24. The Bertz CT molecular complexity index is 515. The van der Waals surface area contributed by atoms with Crippen LogP contribution < -0.4 is 5.73 Å². The normalized spacial score (nSPS) is 10.7. The van der Waals surface area contributed by atoms with Crippen molar-refractivity contribution in [1.82, 2.24) is 10.1 Å². The smallest absolute Gasteiger partial charge is 0.237 e. The summed E-state index contributed by atoms with van der Waals surface area (Å²) in [6.45, 7) is 1.96. The van der Waals surface area contributed by atoms with E-state index in [1.807, 2.05) is 6.92 Å². The molecule has 17 heavy (non-hydrogen) atoms. The second-order valence-electron chi connectivity index (χ2n) is 3.43. The predicted octanol–water partition coefficient (Wildman–Crippen LogP) is 2.65. The first-order valence-electron chi connectivity index (χ1n) is 5.18. The van der Waals surface area contributed by atoms with Crippen molar-refractivity contribution >= 4 is 17.4 Å². The maximum atomic E-state index is 13.2. The van der Waals surface area contributed by atoms with Crippen molar-refractivity contribution in [2.45, 2.75) is 24.0 Å². The van der Waals surface area contributed by atoms with Gasteiger partial charge in [-0.15, -0.1) is 11.8 Å². The molecule has 0 aliphatic carbocycles. The van der Waals surface area contributed by atoms with Gasteiger partial charge >= 0.3 is 0 Å². The number of hydrogen-bond donors (Lipinski definition) is 1. The molecule has 2 rings (SSSR count). The minimum absolute atomic E-state index is 0.153. The minimum Gasteiger partial charge on any atom is -0.396 e. The van der Waals surface area contributed by atoms with Crippen molar-refractivity contribution in [2.24, 2.45) is 0 Å². The lowest BCUT2D eigenvalue weighted by molar-refractivity contribution is 0.385. The van der Waals surface area contributed by atoms with Crippen LogP contribution in [0.3, 0.4) is 0 Å². The van der Waals surface area contributed by atoms with E-state index in [9.17, 15) is 4.39 Å². The van der Waals surface area contributed by atoms with E-state index >= 15 is 0 Å². The van der Waals surface area contributed by atoms with Gasteiger partial charge in [-0.2, -0.15) is 4.98 Å². The van der Waals surface area contributed by atoms with Crippen LogP contribution in [0.1, 0.15) is 18.6 Å². The van der Waals surface area contributed by atoms with Crippen LogP contribution in [0.15, 0.2) is 27.6 Å². The van der Waals surface area contributed by atoms with Gasteiger partial charge in [0.1, 0.15) is 5.82 Å². The minimum atomic E-state index is -0.408. The highest BCUT2D eigenvalue weighted by Gasteiger charge is 2.06. The van der Waals surface area contributed by atoms with Crippen molar-refractivity contribution in [3.63, 3.8) is 0 Å². The maximum Gasteiger partial charge on any atom is 0.237 e. The van der Waals surface area contributed by atoms with Crippen LogP contribution in [0, 0.1) is 5.82 Å². The molecule has 4 nitrogen and oxygen atoms in total. The highest BCUT2D eigenvalue weighted by atomic mass is 32.2. The number of nitrogens with two attached hydrogens (primary N) is 1. The summed E-state index contributed by atoms with van der Waals surface area (Å²) < 4.78 is 18.2. The van der Waals surface area contributed by atoms with Crippen LogP contribution in [0.5, 0.6) is 0 Å². The Kier molecular flexibility index (Phi) is 3.63. The zero-order valence-electron chi connectivity index (χ0n) is 9.31. The first-order valence-corrected chi connectivity index (χ1v) is 6.17. The van der Waals surface area contributed by atoms with E-state index in [4.69, 9.17) is 10.3 Å². The molecule has 1 heterocycles. The van der Waals surface area contributed by atoms with E-state index in [1.54, 1.807) is 12.1 Å². The van der Waals surface area contributed by atoms with E-state index in [1.165, 1.54) is 17.8 Å². The number of thioether (sulfide) groups is 1. The third-order valence-corrected chi connectivity index (χ3v) is 3.14. The molecule has 2 N–H and O–H groups in total. The quantitative estimate of drug-likeness (QED) is 0.670. The summed E-state index contributed by atoms with van der Waals surface area (Å²) in [5, 5.41) is 3.79. The molecular formula is C11H12FN3OS. The predicted molar refractivity (Wildman–Crippen MR) is 64.0 cm³/mol. The fraction of sp³-hybridized carbons (Fsp3) is 0.273. The Labute approximate surface area is 102 Å². The number of hydrogen-bond acceptors (Lipinski definition) is 5. The van der Waals surface area contributed by atoms with Crippen LogP contribution in [0.4, 0.5) is 10.1 Å². The van der Waals surface area contributed by atoms with Crippen LogP contribution in [-0.4, -0.2) is 10.1 Å². The van der Waals surface area contributed by atoms with Gasteiger partial charge in [0.15, 0.2) is 5.82 Å². The molecule has 0 bridgehead atoms. The second kappa shape index (κ2) is 5.18. The molecule has 90 valence electrons. The largest absolute Gasteiger partial charge is 0.396 e. The SMILES string of the molecule is CCc1noc(CSc2ccc(N)c(F)c2)n1. The van der Waals surface area contributed by atoms with E-state index in [-0.39, 0.29) is 5.69 Å². The summed E-state index contributed by atoms with van der Waals surface area (Å²) in [4.78, 5) is 4.95. The van der Waals surface area contributed by atoms with Gasteiger partial charge in [0.2, 0.25) is 5.89 Å². The first-order chi connectivity index (χ1) is 8.19. The standard InChI is InChI=1S/C11H12FN3OS/c1-2-10-14-11(16-15-10)6-17-7-3-4-9(13)8(12)5-7/h3-5H,2,6,13H2,1H3. The molecule has 0 aliphatic heterocycles. The summed E-state index contributed by atoms with van der Waals surface area (Å²) in [5.41, 5.74) is 5.55. The topological polar surface area (TPSA) is 64.9 Å². The first kappa shape index (κ1) is 11.9. The zero-order valence-corrected chi connectivity index (χ0v) is 10.1. The number of nitrogens with zero attached hydrogens (tertiary/aromatic N) is 2. The Morgan fingerprint density at radius 3 is 2.94 bits per heavy atom. The Hall–Kier alpha value is -1.56. The summed E-state index contributed by atoms with van der Waals surface area (Å²) in [6.07, 6.45) is 0.741. The monoisotopic (exact) mass is 253 g/mol. The van der Waals surface area contributed by atoms with Gasteiger partial charge in [-0.25, -0.2) is 4.39 Å². The van der Waals surface area contributed by atoms with Crippen molar-refractivity contribution < 1.29 is 8.91 Å². The number of halogens is 1. The molecule has 0 saturated carbocycles. The average Bonchev–Trinajstić information content (AvgIpc) is 2.79. The van der Waals surface area contributed by atoms with Crippen LogP contribution in [0.2, 0.25) is 0 Å². The molecule has 1 aromatic heterocycles. The molecule has 0 spiro atoms. The van der Waals surface area contributed by atoms with Gasteiger partial charge in [0.05, 0.1) is 11.4 Å². The molecular weight excluding hydrogens is 241 g/mol. The molecule has 6 heteroatoms. The summed E-state index contributed by atoms with van der Waals surface area (Å²) in [6, 6.07) is 4.71. The number of aromatic nitrogens is 2. The van der Waals surface area contributed by atoms with Gasteiger partial charge in [0, 0.05) is 11.3 Å². The fourth-order valence-electron chi connectivity index (χ4n) is 1.24. The molecule has 0 aliphatic rings. The second-order valence-corrected chi connectivity index (χ2v) is 4.48.